The van der Waals surface area contributed by atoms with Crippen molar-refractivity contribution in [2.45, 2.75) is 0 Å². The Kier molecular flexibility index (Phi) is 5.98. The van der Waals surface area contributed by atoms with Gasteiger partial charge in [0, 0.05) is 5.39 Å². The molecule has 0 bridgehead atoms. The number of nitrogens with two attached hydrogens (primary N) is 2. The number of guanidine groups is 1. The summed E-state index contributed by atoms with van der Waals surface area (Å²) in [4.78, 5) is 25.5. The average Bonchev–Trinajstić information content (AvgIpc) is 2.72. The van der Waals surface area contributed by atoms with Gasteiger partial charge in [0.15, 0.2) is 11.4 Å². The number of rotatable bonds is 4. The quantitative estimate of drug-likeness (QED) is 0.380. The molecule has 30 heavy (non-hydrogen) atoms. The van der Waals surface area contributed by atoms with Gasteiger partial charge < -0.3 is 20.6 Å². The molecule has 4 N–H and O–H groups in total. The summed E-state index contributed by atoms with van der Waals surface area (Å²) in [7, 11) is 1.54. The molecule has 0 saturated heterocycles. The van der Waals surface area contributed by atoms with E-state index in [-0.39, 0.29) is 29.7 Å². The van der Waals surface area contributed by atoms with Crippen molar-refractivity contribution in [2.75, 3.05) is 7.11 Å². The molecule has 2 aromatic carbocycles. The number of methoxy groups -OCH3 is 1. The molecule has 4 aromatic rings. The van der Waals surface area contributed by atoms with Gasteiger partial charge in [-0.05, 0) is 36.4 Å². The molecule has 152 valence electrons. The van der Waals surface area contributed by atoms with Crippen LogP contribution in [-0.2, 0) is 0 Å². The minimum absolute atomic E-state index is 0. The van der Waals surface area contributed by atoms with Crippen molar-refractivity contribution in [3.63, 3.8) is 0 Å². The van der Waals surface area contributed by atoms with Crippen LogP contribution in [0.4, 0.5) is 5.95 Å². The Labute approximate surface area is 177 Å². The lowest BCUT2D eigenvalue weighted by molar-refractivity contribution is 0.415. The van der Waals surface area contributed by atoms with E-state index in [0.29, 0.717) is 33.5 Å². The zero-order valence-corrected chi connectivity index (χ0v) is 16.7. The SMILES string of the molecule is COc1ccc2occ(/C=C/c3nc(N=C(N)N)nc4ccccc34)c(=O)c2c1.Cl. The maximum Gasteiger partial charge on any atom is 0.253 e. The lowest BCUT2D eigenvalue weighted by atomic mass is 10.1. The number of aliphatic imine (C=N–C) groups is 1. The number of halogens is 1. The molecule has 8 nitrogen and oxygen atoms in total. The predicted octanol–water partition coefficient (Wildman–Crippen LogP) is 3.24. The van der Waals surface area contributed by atoms with Crippen molar-refractivity contribution in [1.29, 1.82) is 0 Å². The molecule has 0 spiro atoms. The number of para-hydroxylation sites is 1. The topological polar surface area (TPSA) is 130 Å². The van der Waals surface area contributed by atoms with Crippen molar-refractivity contribution in [3.05, 3.63) is 70.2 Å². The third kappa shape index (κ3) is 4.08. The first-order valence-electron chi connectivity index (χ1n) is 8.69. The van der Waals surface area contributed by atoms with Crippen LogP contribution in [0.15, 0.2) is 62.9 Å². The summed E-state index contributed by atoms with van der Waals surface area (Å²) in [5, 5.41) is 1.23. The second-order valence-electron chi connectivity index (χ2n) is 6.18. The Morgan fingerprint density at radius 3 is 2.67 bits per heavy atom. The molecule has 0 atom stereocenters. The summed E-state index contributed by atoms with van der Waals surface area (Å²) in [6, 6.07) is 12.5. The van der Waals surface area contributed by atoms with E-state index >= 15 is 0 Å². The molecule has 0 unspecified atom stereocenters. The number of hydrogen-bond donors (Lipinski definition) is 2. The molecule has 0 fully saturated rings. The molecule has 4 rings (SSSR count). The predicted molar refractivity (Wildman–Crippen MR) is 120 cm³/mol. The fraction of sp³-hybridized carbons (Fsp3) is 0.0476. The number of ether oxygens (including phenoxy) is 1. The van der Waals surface area contributed by atoms with Gasteiger partial charge in [-0.15, -0.1) is 12.4 Å². The second kappa shape index (κ2) is 8.62. The molecule has 0 amide bonds. The van der Waals surface area contributed by atoms with Crippen LogP contribution in [0.1, 0.15) is 11.3 Å². The second-order valence-corrected chi connectivity index (χ2v) is 6.18. The highest BCUT2D eigenvalue weighted by Gasteiger charge is 2.08. The zero-order chi connectivity index (χ0) is 20.4. The van der Waals surface area contributed by atoms with E-state index in [1.807, 2.05) is 24.3 Å². The molecule has 0 aliphatic carbocycles. The number of aromatic nitrogens is 2. The Bertz CT molecular complexity index is 1340. The van der Waals surface area contributed by atoms with Gasteiger partial charge in [0.2, 0.25) is 0 Å². The molecule has 0 aliphatic heterocycles. The van der Waals surface area contributed by atoms with Crippen LogP contribution in [0.2, 0.25) is 0 Å². The minimum atomic E-state index is -0.177. The van der Waals surface area contributed by atoms with E-state index in [4.69, 9.17) is 20.6 Å². The van der Waals surface area contributed by atoms with Crippen LogP contribution in [-0.4, -0.2) is 23.0 Å². The van der Waals surface area contributed by atoms with Crippen LogP contribution in [0.5, 0.6) is 5.75 Å². The van der Waals surface area contributed by atoms with Crippen molar-refractivity contribution in [3.8, 4) is 5.75 Å². The Balaban J connectivity index is 0.00000256. The highest BCUT2D eigenvalue weighted by molar-refractivity contribution is 5.90. The molecule has 0 aliphatic rings. The zero-order valence-electron chi connectivity index (χ0n) is 15.9. The van der Waals surface area contributed by atoms with Gasteiger partial charge >= 0.3 is 0 Å². The first kappa shape index (κ1) is 20.8. The van der Waals surface area contributed by atoms with Crippen molar-refractivity contribution >= 4 is 58.3 Å². The van der Waals surface area contributed by atoms with E-state index in [2.05, 4.69) is 15.0 Å². The van der Waals surface area contributed by atoms with Gasteiger partial charge in [0.25, 0.3) is 5.95 Å². The number of hydrogen-bond acceptors (Lipinski definition) is 6. The third-order valence-electron chi connectivity index (χ3n) is 4.28. The Hall–Kier alpha value is -3.91. The summed E-state index contributed by atoms with van der Waals surface area (Å²) < 4.78 is 10.8. The maximum atomic E-state index is 12.8. The van der Waals surface area contributed by atoms with Gasteiger partial charge in [-0.1, -0.05) is 18.2 Å². The Morgan fingerprint density at radius 2 is 1.90 bits per heavy atom. The fourth-order valence-corrected chi connectivity index (χ4v) is 2.92. The normalized spacial score (nSPS) is 10.8. The highest BCUT2D eigenvalue weighted by Crippen LogP contribution is 2.22. The summed E-state index contributed by atoms with van der Waals surface area (Å²) in [6.45, 7) is 0. The van der Waals surface area contributed by atoms with Crippen LogP contribution < -0.4 is 21.6 Å². The van der Waals surface area contributed by atoms with Gasteiger partial charge in [0.05, 0.1) is 29.3 Å². The first-order chi connectivity index (χ1) is 14.0. The van der Waals surface area contributed by atoms with Crippen LogP contribution >= 0.6 is 12.4 Å². The summed E-state index contributed by atoms with van der Waals surface area (Å²) >= 11 is 0. The van der Waals surface area contributed by atoms with Gasteiger partial charge in [0.1, 0.15) is 17.6 Å². The molecular formula is C21H18ClN5O3. The number of fused-ring (bicyclic) bond motifs is 2. The summed E-state index contributed by atoms with van der Waals surface area (Å²) in [6.07, 6.45) is 4.75. The highest BCUT2D eigenvalue weighted by atomic mass is 35.5. The van der Waals surface area contributed by atoms with Crippen LogP contribution in [0, 0.1) is 0 Å². The molecular weight excluding hydrogens is 406 g/mol. The van der Waals surface area contributed by atoms with Crippen LogP contribution in [0.25, 0.3) is 34.0 Å². The third-order valence-corrected chi connectivity index (χ3v) is 4.28. The first-order valence-corrected chi connectivity index (χ1v) is 8.69. The van der Waals surface area contributed by atoms with E-state index in [0.717, 1.165) is 5.39 Å². The Morgan fingerprint density at radius 1 is 1.10 bits per heavy atom. The number of benzene rings is 2. The maximum absolute atomic E-state index is 12.8. The van der Waals surface area contributed by atoms with Crippen molar-refractivity contribution < 1.29 is 9.15 Å². The van der Waals surface area contributed by atoms with Crippen LogP contribution in [0.3, 0.4) is 0 Å². The summed E-state index contributed by atoms with van der Waals surface area (Å²) in [5.74, 6) is 0.576. The molecule has 9 heteroatoms. The molecule has 0 radical (unpaired) electrons. The largest absolute Gasteiger partial charge is 0.497 e. The van der Waals surface area contributed by atoms with Crippen molar-refractivity contribution in [2.24, 2.45) is 16.5 Å². The average molecular weight is 424 g/mol. The van der Waals surface area contributed by atoms with Gasteiger partial charge in [-0.2, -0.15) is 4.99 Å². The van der Waals surface area contributed by atoms with E-state index in [9.17, 15) is 4.79 Å². The van der Waals surface area contributed by atoms with Gasteiger partial charge in [-0.25, -0.2) is 9.97 Å². The van der Waals surface area contributed by atoms with E-state index in [1.165, 1.54) is 6.26 Å². The molecule has 0 saturated carbocycles. The monoisotopic (exact) mass is 423 g/mol. The van der Waals surface area contributed by atoms with E-state index in [1.54, 1.807) is 37.5 Å². The van der Waals surface area contributed by atoms with E-state index < -0.39 is 0 Å². The summed E-state index contributed by atoms with van der Waals surface area (Å²) in [5.41, 5.74) is 12.8. The smallest absolute Gasteiger partial charge is 0.253 e. The fourth-order valence-electron chi connectivity index (χ4n) is 2.92. The lowest BCUT2D eigenvalue weighted by Gasteiger charge is -2.04. The molecule has 2 heterocycles. The van der Waals surface area contributed by atoms with Crippen molar-refractivity contribution in [1.82, 2.24) is 9.97 Å². The lowest BCUT2D eigenvalue weighted by Crippen LogP contribution is -2.22. The molecule has 2 aromatic heterocycles. The number of nitrogens with zero attached hydrogens (tertiary/aromatic N) is 3. The van der Waals surface area contributed by atoms with Gasteiger partial charge in [-0.3, -0.25) is 4.79 Å². The minimum Gasteiger partial charge on any atom is -0.497 e. The standard InChI is InChI=1S/C21H17N5O3.ClH/c1-28-13-7-9-18-15(10-13)19(27)12(11-29-18)6-8-17-14-4-2-3-5-16(14)24-21(25-17)26-20(22)23;/h2-11H,1H3,(H4,22,23,24,25,26);1H/b8-6+;.